The van der Waals surface area contributed by atoms with Crippen molar-refractivity contribution in [3.05, 3.63) is 97.8 Å². The van der Waals surface area contributed by atoms with Gasteiger partial charge in [0.1, 0.15) is 0 Å². The maximum Gasteiger partial charge on any atom is 0 e. The number of hydrogen-bond donors (Lipinski definition) is 0. The van der Waals surface area contributed by atoms with Crippen LogP contribution in [0.15, 0.2) is 77.3 Å². The molecule has 0 radical (unpaired) electrons. The fourth-order valence-corrected chi connectivity index (χ4v) is 1.74. The molecule has 4 nitrogen and oxygen atoms in total. The van der Waals surface area contributed by atoms with E-state index in [1.54, 1.807) is 0 Å². The van der Waals surface area contributed by atoms with Crippen molar-refractivity contribution in [2.75, 3.05) is 0 Å². The Hall–Kier alpha value is -2.63. The fourth-order valence-electron chi connectivity index (χ4n) is 1.74. The molecule has 2 aromatic rings. The molecular formula is C22H19FeNO3. The van der Waals surface area contributed by atoms with Gasteiger partial charge in [-0.3, -0.25) is 0 Å². The van der Waals surface area contributed by atoms with E-state index < -0.39 is 0 Å². The van der Waals surface area contributed by atoms with Gasteiger partial charge >= 0.3 is 33.9 Å². The first-order chi connectivity index (χ1) is 12.8. The molecule has 0 spiro atoms. The molecule has 0 aliphatic rings. The minimum Gasteiger partial charge on any atom is 0 e. The SMILES string of the molecule is CC(C)C(=C=Nc1ccccc1)/C=C/c1ccccc1.[C-]#[O+].[C-]#[O+].[C-]#[O+].[Fe]. The summed E-state index contributed by atoms with van der Waals surface area (Å²) in [5.74, 6) is 3.55. The summed E-state index contributed by atoms with van der Waals surface area (Å²) in [4.78, 5) is 4.40. The summed E-state index contributed by atoms with van der Waals surface area (Å²) in [5.41, 5.74) is 3.21. The molecule has 138 valence electrons. The predicted molar refractivity (Wildman–Crippen MR) is 99.2 cm³/mol. The van der Waals surface area contributed by atoms with Crippen LogP contribution in [0.2, 0.25) is 0 Å². The van der Waals surface area contributed by atoms with E-state index >= 15 is 0 Å². The Morgan fingerprint density at radius 3 is 1.74 bits per heavy atom. The molecular weight excluding hydrogens is 382 g/mol. The second-order valence-corrected chi connectivity index (χ2v) is 4.91. The van der Waals surface area contributed by atoms with E-state index in [1.807, 2.05) is 48.5 Å². The van der Waals surface area contributed by atoms with Crippen LogP contribution in [0.25, 0.3) is 6.08 Å². The number of para-hydroxylation sites is 1. The maximum absolute atomic E-state index is 7.50. The Morgan fingerprint density at radius 1 is 0.852 bits per heavy atom. The largest absolute Gasteiger partial charge is 0 e. The van der Waals surface area contributed by atoms with Crippen LogP contribution in [0.3, 0.4) is 0 Å². The monoisotopic (exact) mass is 401 g/mol. The van der Waals surface area contributed by atoms with Gasteiger partial charge in [-0.2, -0.15) is 0 Å². The summed E-state index contributed by atoms with van der Waals surface area (Å²) in [7, 11) is 0. The minimum atomic E-state index is 0. The summed E-state index contributed by atoms with van der Waals surface area (Å²) >= 11 is 0. The van der Waals surface area contributed by atoms with Gasteiger partial charge in [0.25, 0.3) is 0 Å². The zero-order valence-electron chi connectivity index (χ0n) is 15.0. The zero-order valence-corrected chi connectivity index (χ0v) is 16.1. The third-order valence-electron chi connectivity index (χ3n) is 2.95. The average molecular weight is 401 g/mol. The fraction of sp³-hybridized carbons (Fsp3) is 0.136. The molecule has 0 aliphatic carbocycles. The van der Waals surface area contributed by atoms with Gasteiger partial charge in [-0.05, 0) is 35.6 Å². The molecule has 0 atom stereocenters. The van der Waals surface area contributed by atoms with Crippen molar-refractivity contribution in [1.29, 1.82) is 0 Å². The molecule has 0 unspecified atom stereocenters. The molecule has 0 bridgehead atoms. The first-order valence-corrected chi connectivity index (χ1v) is 7.49. The van der Waals surface area contributed by atoms with Crippen molar-refractivity contribution in [3.8, 4) is 0 Å². The topological polar surface area (TPSA) is 72.1 Å². The van der Waals surface area contributed by atoms with E-state index in [1.165, 1.54) is 5.56 Å². The van der Waals surface area contributed by atoms with Crippen LogP contribution < -0.4 is 0 Å². The van der Waals surface area contributed by atoms with Gasteiger partial charge < -0.3 is 0 Å². The van der Waals surface area contributed by atoms with Crippen LogP contribution >= 0.6 is 0 Å². The van der Waals surface area contributed by atoms with Gasteiger partial charge in [0.15, 0.2) is 0 Å². The van der Waals surface area contributed by atoms with Gasteiger partial charge in [0.2, 0.25) is 0 Å². The molecule has 0 heterocycles. The predicted octanol–water partition coefficient (Wildman–Crippen LogP) is 5.17. The molecule has 0 saturated heterocycles. The van der Waals surface area contributed by atoms with E-state index in [0.29, 0.717) is 5.92 Å². The summed E-state index contributed by atoms with van der Waals surface area (Å²) in [6, 6.07) is 20.2. The van der Waals surface area contributed by atoms with Gasteiger partial charge in [0.05, 0.1) is 5.69 Å². The molecule has 0 aromatic heterocycles. The third kappa shape index (κ3) is 14.2. The van der Waals surface area contributed by atoms with Gasteiger partial charge in [-0.15, -0.1) is 0 Å². The number of rotatable bonds is 4. The second kappa shape index (κ2) is 21.4. The zero-order chi connectivity index (χ0) is 20.2. The molecule has 27 heavy (non-hydrogen) atoms. The summed E-state index contributed by atoms with van der Waals surface area (Å²) in [5, 5.41) is 0. The van der Waals surface area contributed by atoms with Crippen molar-refractivity contribution < 1.29 is 31.0 Å². The van der Waals surface area contributed by atoms with Crippen molar-refractivity contribution in [3.63, 3.8) is 0 Å². The summed E-state index contributed by atoms with van der Waals surface area (Å²) in [6.45, 7) is 17.8. The van der Waals surface area contributed by atoms with Crippen LogP contribution in [0.1, 0.15) is 19.4 Å². The summed E-state index contributed by atoms with van der Waals surface area (Å²) in [6.07, 6.45) is 4.19. The van der Waals surface area contributed by atoms with E-state index in [0.717, 1.165) is 11.3 Å². The standard InChI is InChI=1S/C19H19N.3CO.Fe/c1-16(2)18(14-13-17-9-5-3-6-10-17)15-20-19-11-7-4-8-12-19;3*1-2;/h3-14,16H,1-2H3;;;;/b14-13+;;;;. The Morgan fingerprint density at radius 2 is 1.30 bits per heavy atom. The number of hydrogen-bond acceptors (Lipinski definition) is 1. The van der Waals surface area contributed by atoms with E-state index in [4.69, 9.17) is 14.0 Å². The number of aliphatic imine (C=N–C) groups is 1. The Kier molecular flexibility index (Phi) is 23.1. The van der Waals surface area contributed by atoms with Crippen molar-refractivity contribution >= 4 is 17.6 Å². The average Bonchev–Trinajstić information content (AvgIpc) is 2.74. The molecule has 0 amide bonds. The Bertz CT molecular complexity index is 740. The van der Waals surface area contributed by atoms with Gasteiger partial charge in [-0.1, -0.05) is 68.5 Å². The molecule has 0 aliphatic heterocycles. The first kappa shape index (κ1) is 29.1. The molecule has 5 heteroatoms. The summed E-state index contributed by atoms with van der Waals surface area (Å²) < 4.78 is 22.5. The number of nitrogens with zero attached hydrogens (tertiary/aromatic N) is 1. The Labute approximate surface area is 171 Å². The van der Waals surface area contributed by atoms with Crippen LogP contribution in [0.4, 0.5) is 5.69 Å². The van der Waals surface area contributed by atoms with Crippen LogP contribution in [-0.4, -0.2) is 5.87 Å². The van der Waals surface area contributed by atoms with Crippen molar-refractivity contribution in [2.45, 2.75) is 13.8 Å². The van der Waals surface area contributed by atoms with Crippen molar-refractivity contribution in [2.24, 2.45) is 10.9 Å². The minimum absolute atomic E-state index is 0. The molecule has 0 fully saturated rings. The number of benzene rings is 2. The first-order valence-electron chi connectivity index (χ1n) is 7.49. The van der Waals surface area contributed by atoms with Gasteiger partial charge in [0, 0.05) is 22.6 Å². The molecule has 0 saturated carbocycles. The molecule has 0 N–H and O–H groups in total. The van der Waals surface area contributed by atoms with Crippen molar-refractivity contribution in [1.82, 2.24) is 0 Å². The smallest absolute Gasteiger partial charge is 0 e. The maximum atomic E-state index is 7.50. The van der Waals surface area contributed by atoms with E-state index in [-0.39, 0.29) is 17.1 Å². The van der Waals surface area contributed by atoms with Crippen LogP contribution in [-0.2, 0) is 31.0 Å². The normalized spacial score (nSPS) is 8.04. The van der Waals surface area contributed by atoms with E-state index in [9.17, 15) is 0 Å². The number of allylic oxidation sites excluding steroid dienone is 2. The van der Waals surface area contributed by atoms with E-state index in [2.05, 4.69) is 68.9 Å². The van der Waals surface area contributed by atoms with Crippen LogP contribution in [0.5, 0.6) is 0 Å². The second-order valence-electron chi connectivity index (χ2n) is 4.91. The van der Waals surface area contributed by atoms with Gasteiger partial charge in [-0.25, -0.2) is 4.99 Å². The Balaban J connectivity index is -0.000000749. The molecule has 2 rings (SSSR count). The van der Waals surface area contributed by atoms with Crippen LogP contribution in [0, 0.1) is 25.9 Å². The molecule has 2 aromatic carbocycles. The quantitative estimate of drug-likeness (QED) is 0.223. The third-order valence-corrected chi connectivity index (χ3v) is 2.95.